The number of hydrogen-bond donors (Lipinski definition) is 1. The van der Waals surface area contributed by atoms with Crippen LogP contribution >= 0.6 is 0 Å². The average Bonchev–Trinajstić information content (AvgIpc) is 2.61. The van der Waals surface area contributed by atoms with Gasteiger partial charge in [-0.3, -0.25) is 0 Å². The molecule has 1 saturated heterocycles. The molecule has 0 aliphatic carbocycles. The number of piperazine rings is 1. The molecule has 0 spiro atoms. The molecule has 3 rings (SSSR count). The molecule has 1 aliphatic heterocycles. The Morgan fingerprint density at radius 2 is 1.74 bits per heavy atom. The maximum atomic E-state index is 13.0. The average molecular weight is 315 g/mol. The fourth-order valence-corrected chi connectivity index (χ4v) is 2.72. The van der Waals surface area contributed by atoms with E-state index in [1.54, 1.807) is 6.33 Å². The molecule has 0 atom stereocenters. The summed E-state index contributed by atoms with van der Waals surface area (Å²) >= 11 is 0. The molecule has 1 aromatic carbocycles. The summed E-state index contributed by atoms with van der Waals surface area (Å²) in [6.07, 6.45) is 2.68. The van der Waals surface area contributed by atoms with E-state index < -0.39 is 0 Å². The Morgan fingerprint density at radius 3 is 2.43 bits per heavy atom. The lowest BCUT2D eigenvalue weighted by Gasteiger charge is -2.36. The Balaban J connectivity index is 1.61. The quantitative estimate of drug-likeness (QED) is 0.919. The van der Waals surface area contributed by atoms with Gasteiger partial charge in [-0.2, -0.15) is 0 Å². The summed E-state index contributed by atoms with van der Waals surface area (Å²) in [6, 6.07) is 8.70. The minimum Gasteiger partial charge on any atom is -0.370 e. The van der Waals surface area contributed by atoms with E-state index in [4.69, 9.17) is 0 Å². The monoisotopic (exact) mass is 315 g/mol. The standard InChI is InChI=1S/C17H22FN5/c1-2-7-19-16-12-17(21-13-20-16)23-10-8-22(9-11-23)15-5-3-14(18)4-6-15/h3-6,12-13H,2,7-11H2,1H3,(H,19,20,21). The molecule has 1 N–H and O–H groups in total. The number of anilines is 3. The van der Waals surface area contributed by atoms with Crippen LogP contribution in [0.3, 0.4) is 0 Å². The molecule has 0 bridgehead atoms. The zero-order valence-electron chi connectivity index (χ0n) is 13.4. The molecule has 1 fully saturated rings. The van der Waals surface area contributed by atoms with E-state index in [1.165, 1.54) is 12.1 Å². The van der Waals surface area contributed by atoms with Gasteiger partial charge in [0.15, 0.2) is 0 Å². The number of hydrogen-bond acceptors (Lipinski definition) is 5. The van der Waals surface area contributed by atoms with E-state index in [0.717, 1.165) is 56.5 Å². The SMILES string of the molecule is CCCNc1cc(N2CCN(c3ccc(F)cc3)CC2)ncn1. The van der Waals surface area contributed by atoms with Gasteiger partial charge in [0, 0.05) is 44.5 Å². The van der Waals surface area contributed by atoms with E-state index in [-0.39, 0.29) is 5.82 Å². The lowest BCUT2D eigenvalue weighted by atomic mass is 10.2. The van der Waals surface area contributed by atoms with Crippen LogP contribution in [0.5, 0.6) is 0 Å². The maximum absolute atomic E-state index is 13.0. The molecule has 6 heteroatoms. The van der Waals surface area contributed by atoms with Crippen molar-refractivity contribution >= 4 is 17.3 Å². The van der Waals surface area contributed by atoms with Gasteiger partial charge in [0.1, 0.15) is 23.8 Å². The molecule has 0 saturated carbocycles. The molecule has 2 aromatic rings. The fraction of sp³-hybridized carbons (Fsp3) is 0.412. The Kier molecular flexibility index (Phi) is 4.90. The summed E-state index contributed by atoms with van der Waals surface area (Å²) < 4.78 is 13.0. The Bertz CT molecular complexity index is 623. The third-order valence-electron chi connectivity index (χ3n) is 4.00. The lowest BCUT2D eigenvalue weighted by molar-refractivity contribution is 0.624. The zero-order chi connectivity index (χ0) is 16.1. The second-order valence-corrected chi connectivity index (χ2v) is 5.64. The topological polar surface area (TPSA) is 44.3 Å². The summed E-state index contributed by atoms with van der Waals surface area (Å²) in [5, 5.41) is 3.29. The molecule has 2 heterocycles. The first-order valence-corrected chi connectivity index (χ1v) is 8.07. The summed E-state index contributed by atoms with van der Waals surface area (Å²) in [4.78, 5) is 13.2. The van der Waals surface area contributed by atoms with Crippen LogP contribution in [0.1, 0.15) is 13.3 Å². The molecule has 5 nitrogen and oxygen atoms in total. The van der Waals surface area contributed by atoms with Crippen molar-refractivity contribution < 1.29 is 4.39 Å². The van der Waals surface area contributed by atoms with Crippen molar-refractivity contribution in [3.63, 3.8) is 0 Å². The predicted octanol–water partition coefficient (Wildman–Crippen LogP) is 2.76. The van der Waals surface area contributed by atoms with Crippen molar-refractivity contribution in [1.29, 1.82) is 0 Å². The zero-order valence-corrected chi connectivity index (χ0v) is 13.4. The van der Waals surface area contributed by atoms with Gasteiger partial charge < -0.3 is 15.1 Å². The molecular weight excluding hydrogens is 293 g/mol. The smallest absolute Gasteiger partial charge is 0.134 e. The van der Waals surface area contributed by atoms with Gasteiger partial charge in [0.2, 0.25) is 0 Å². The van der Waals surface area contributed by atoms with Gasteiger partial charge in [-0.1, -0.05) is 6.92 Å². The van der Waals surface area contributed by atoms with Crippen LogP contribution in [0, 0.1) is 5.82 Å². The van der Waals surface area contributed by atoms with E-state index in [9.17, 15) is 4.39 Å². The highest BCUT2D eigenvalue weighted by Gasteiger charge is 2.18. The highest BCUT2D eigenvalue weighted by atomic mass is 19.1. The number of benzene rings is 1. The Hall–Kier alpha value is -2.37. The number of aromatic nitrogens is 2. The van der Waals surface area contributed by atoms with Crippen LogP contribution < -0.4 is 15.1 Å². The minimum absolute atomic E-state index is 0.194. The van der Waals surface area contributed by atoms with Crippen molar-refractivity contribution in [2.75, 3.05) is 47.8 Å². The van der Waals surface area contributed by atoms with Crippen molar-refractivity contribution in [2.24, 2.45) is 0 Å². The van der Waals surface area contributed by atoms with Crippen LogP contribution in [0.15, 0.2) is 36.7 Å². The first kappa shape index (κ1) is 15.5. The van der Waals surface area contributed by atoms with E-state index >= 15 is 0 Å². The molecule has 0 radical (unpaired) electrons. The molecule has 1 aliphatic rings. The number of halogens is 1. The van der Waals surface area contributed by atoms with Crippen molar-refractivity contribution in [1.82, 2.24) is 9.97 Å². The Labute approximate surface area is 136 Å². The molecule has 1 aromatic heterocycles. The number of rotatable bonds is 5. The third-order valence-corrected chi connectivity index (χ3v) is 4.00. The fourth-order valence-electron chi connectivity index (χ4n) is 2.72. The molecule has 122 valence electrons. The number of nitrogens with one attached hydrogen (secondary N) is 1. The second kappa shape index (κ2) is 7.26. The van der Waals surface area contributed by atoms with Gasteiger partial charge in [-0.15, -0.1) is 0 Å². The largest absolute Gasteiger partial charge is 0.370 e. The van der Waals surface area contributed by atoms with Crippen molar-refractivity contribution in [2.45, 2.75) is 13.3 Å². The van der Waals surface area contributed by atoms with E-state index in [2.05, 4.69) is 32.0 Å². The minimum atomic E-state index is -0.194. The van der Waals surface area contributed by atoms with Crippen LogP contribution in [0.4, 0.5) is 21.7 Å². The van der Waals surface area contributed by atoms with Gasteiger partial charge >= 0.3 is 0 Å². The van der Waals surface area contributed by atoms with Crippen LogP contribution in [-0.2, 0) is 0 Å². The predicted molar refractivity (Wildman–Crippen MR) is 91.6 cm³/mol. The van der Waals surface area contributed by atoms with Gasteiger partial charge in [-0.05, 0) is 30.7 Å². The Morgan fingerprint density at radius 1 is 1.04 bits per heavy atom. The molecule has 0 unspecified atom stereocenters. The van der Waals surface area contributed by atoms with Gasteiger partial charge in [-0.25, -0.2) is 14.4 Å². The lowest BCUT2D eigenvalue weighted by Crippen LogP contribution is -2.46. The highest BCUT2D eigenvalue weighted by Crippen LogP contribution is 2.20. The molecular formula is C17H22FN5. The van der Waals surface area contributed by atoms with Crippen LogP contribution in [-0.4, -0.2) is 42.7 Å². The van der Waals surface area contributed by atoms with Crippen molar-refractivity contribution in [3.8, 4) is 0 Å². The molecule has 23 heavy (non-hydrogen) atoms. The summed E-state index contributed by atoms with van der Waals surface area (Å²) in [5.74, 6) is 1.63. The van der Waals surface area contributed by atoms with Gasteiger partial charge in [0.25, 0.3) is 0 Å². The van der Waals surface area contributed by atoms with E-state index in [1.807, 2.05) is 18.2 Å². The third kappa shape index (κ3) is 3.88. The van der Waals surface area contributed by atoms with Gasteiger partial charge in [0.05, 0.1) is 0 Å². The van der Waals surface area contributed by atoms with Crippen molar-refractivity contribution in [3.05, 3.63) is 42.5 Å². The van der Waals surface area contributed by atoms with Crippen LogP contribution in [0.2, 0.25) is 0 Å². The normalized spacial score (nSPS) is 14.9. The maximum Gasteiger partial charge on any atom is 0.134 e. The first-order chi connectivity index (χ1) is 11.3. The van der Waals surface area contributed by atoms with E-state index in [0.29, 0.717) is 0 Å². The van der Waals surface area contributed by atoms with Crippen LogP contribution in [0.25, 0.3) is 0 Å². The summed E-state index contributed by atoms with van der Waals surface area (Å²) in [7, 11) is 0. The summed E-state index contributed by atoms with van der Waals surface area (Å²) in [5.41, 5.74) is 1.07. The molecule has 0 amide bonds. The highest BCUT2D eigenvalue weighted by molar-refractivity contribution is 5.52. The number of nitrogens with zero attached hydrogens (tertiary/aromatic N) is 4. The second-order valence-electron chi connectivity index (χ2n) is 5.64. The summed E-state index contributed by atoms with van der Waals surface area (Å²) in [6.45, 7) is 6.61. The first-order valence-electron chi connectivity index (χ1n) is 8.07.